The van der Waals surface area contributed by atoms with E-state index >= 15 is 0 Å². The van der Waals surface area contributed by atoms with E-state index in [1.807, 2.05) is 4.40 Å². The number of rotatable bonds is 3. The van der Waals surface area contributed by atoms with Crippen LogP contribution in [0.3, 0.4) is 0 Å². The van der Waals surface area contributed by atoms with Crippen molar-refractivity contribution < 1.29 is 62.9 Å². The molecule has 48 valence electrons. The van der Waals surface area contributed by atoms with Gasteiger partial charge < -0.3 is 0 Å². The predicted octanol–water partition coefficient (Wildman–Crippen LogP) is -1.74. The molecular weight excluding hydrogens is 630 g/mol. The molecule has 0 aromatic heterocycles. The van der Waals surface area contributed by atoms with E-state index in [9.17, 15) is 4.79 Å². The first-order valence-electron chi connectivity index (χ1n) is 1.93. The maximum absolute atomic E-state index is 10.5. The molecule has 0 aliphatic heterocycles. The Balaban J connectivity index is 4.22. The van der Waals surface area contributed by atoms with Gasteiger partial charge >= 0.3 is 86.7 Å². The molecule has 0 aromatic rings. The molecule has 0 heterocycles. The molecular formula is C4H3NOW3. The fraction of sp³-hybridized carbons (Fsp3) is 0. The summed E-state index contributed by atoms with van der Waals surface area (Å²) in [6.07, 6.45) is 0. The Labute approximate surface area is 85.8 Å². The van der Waals surface area contributed by atoms with Crippen LogP contribution < -0.4 is 5.73 Å². The number of hydrogen-bond donors (Lipinski definition) is 1. The molecule has 0 radical (unpaired) electrons. The van der Waals surface area contributed by atoms with Gasteiger partial charge in [0.2, 0.25) is 0 Å². The van der Waals surface area contributed by atoms with Crippen LogP contribution in [-0.4, -0.2) is 18.1 Å². The van der Waals surface area contributed by atoms with E-state index in [1.54, 1.807) is 0 Å². The van der Waals surface area contributed by atoms with E-state index in [0.717, 1.165) is 7.80 Å². The van der Waals surface area contributed by atoms with Gasteiger partial charge in [-0.3, -0.25) is 0 Å². The van der Waals surface area contributed by atoms with E-state index in [4.69, 9.17) is 5.73 Å². The summed E-state index contributed by atoms with van der Waals surface area (Å²) in [5.41, 5.74) is 5.04. The van der Waals surface area contributed by atoms with Crippen LogP contribution in [0.2, 0.25) is 0 Å². The van der Waals surface area contributed by atoms with Crippen molar-refractivity contribution in [1.29, 1.82) is 0 Å². The number of nitrogens with two attached hydrogens (primary N) is 1. The monoisotopic (exact) mass is 633 g/mol. The van der Waals surface area contributed by atoms with Crippen molar-refractivity contribution in [2.45, 2.75) is 0 Å². The van der Waals surface area contributed by atoms with Gasteiger partial charge in [0.05, 0.1) is 0 Å². The van der Waals surface area contributed by atoms with Crippen molar-refractivity contribution in [3.8, 4) is 0 Å². The SMILES string of the molecule is NC(=O)[C](=[W])[C](=[W])[CH]=[W]. The molecule has 0 saturated heterocycles. The number of carbonyl (C=O) groups is 1. The summed E-state index contributed by atoms with van der Waals surface area (Å²) in [7, 11) is 0. The van der Waals surface area contributed by atoms with E-state index in [2.05, 4.69) is 0 Å². The fourth-order valence-electron chi connectivity index (χ4n) is 0.175. The van der Waals surface area contributed by atoms with Crippen molar-refractivity contribution in [3.05, 3.63) is 0 Å². The third-order valence-corrected chi connectivity index (χ3v) is 8.42. The van der Waals surface area contributed by atoms with Gasteiger partial charge in [-0.15, -0.1) is 0 Å². The van der Waals surface area contributed by atoms with Crippen LogP contribution in [0, 0.1) is 0 Å². The Hall–Kier alpha value is 1.14. The van der Waals surface area contributed by atoms with Gasteiger partial charge in [-0.2, -0.15) is 0 Å². The number of hydrogen-bond acceptors (Lipinski definition) is 1. The number of amides is 1. The van der Waals surface area contributed by atoms with Gasteiger partial charge in [-0.25, -0.2) is 0 Å². The zero-order valence-corrected chi connectivity index (χ0v) is 13.1. The quantitative estimate of drug-likeness (QED) is 0.395. The summed E-state index contributed by atoms with van der Waals surface area (Å²) in [6.45, 7) is 0. The molecule has 1 amide bonds. The summed E-state index contributed by atoms with van der Waals surface area (Å²) < 4.78 is 3.88. The number of carbonyl (C=O) groups excluding carboxylic acids is 1. The fourth-order valence-corrected chi connectivity index (χ4v) is 2.34. The normalized spacial score (nSPS) is 8.00. The van der Waals surface area contributed by atoms with Gasteiger partial charge in [0, 0.05) is 0 Å². The molecule has 0 aliphatic carbocycles. The summed E-state index contributed by atoms with van der Waals surface area (Å²) >= 11 is 3.86. The van der Waals surface area contributed by atoms with Gasteiger partial charge in [0.1, 0.15) is 0 Å². The van der Waals surface area contributed by atoms with Crippen LogP contribution in [0.25, 0.3) is 0 Å². The van der Waals surface area contributed by atoms with Crippen LogP contribution in [0.4, 0.5) is 0 Å². The summed E-state index contributed by atoms with van der Waals surface area (Å²) in [4.78, 5) is 10.5. The Morgan fingerprint density at radius 2 is 1.89 bits per heavy atom. The van der Waals surface area contributed by atoms with Gasteiger partial charge in [-0.05, 0) is 0 Å². The Morgan fingerprint density at radius 1 is 1.44 bits per heavy atom. The minimum absolute atomic E-state index is 0.271. The second kappa shape index (κ2) is 4.88. The van der Waals surface area contributed by atoms with Gasteiger partial charge in [0.15, 0.2) is 0 Å². The molecule has 5 heteroatoms. The molecule has 0 unspecified atom stereocenters. The van der Waals surface area contributed by atoms with E-state index in [0.29, 0.717) is 0 Å². The number of primary amides is 1. The average Bonchev–Trinajstić information content (AvgIpc) is 1.84. The topological polar surface area (TPSA) is 43.1 Å². The Morgan fingerprint density at radius 3 is 2.00 bits per heavy atom. The van der Waals surface area contributed by atoms with Crippen LogP contribution in [0.15, 0.2) is 0 Å². The maximum atomic E-state index is 10.5. The summed E-state index contributed by atoms with van der Waals surface area (Å²) in [5, 5.41) is 0. The molecule has 0 aliphatic rings. The zero-order chi connectivity index (χ0) is 7.44. The van der Waals surface area contributed by atoms with Crippen LogP contribution in [-0.2, 0) is 62.9 Å². The summed E-state index contributed by atoms with van der Waals surface area (Å²) in [6, 6.07) is 0. The van der Waals surface area contributed by atoms with E-state index < -0.39 is 0 Å². The molecule has 2 nitrogen and oxygen atoms in total. The van der Waals surface area contributed by atoms with Gasteiger partial charge in [-0.1, -0.05) is 0 Å². The van der Waals surface area contributed by atoms with Crippen LogP contribution in [0.1, 0.15) is 0 Å². The van der Waals surface area contributed by atoms with Crippen molar-refractivity contribution in [1.82, 2.24) is 0 Å². The molecule has 0 spiro atoms. The molecule has 0 fully saturated rings. The van der Waals surface area contributed by atoms with Crippen LogP contribution >= 0.6 is 0 Å². The predicted molar refractivity (Wildman–Crippen MR) is 25.3 cm³/mol. The second-order valence-electron chi connectivity index (χ2n) is 1.18. The first-order chi connectivity index (χ1) is 4.09. The van der Waals surface area contributed by atoms with Crippen molar-refractivity contribution in [2.75, 3.05) is 0 Å². The Kier molecular flexibility index (Phi) is 5.51. The zero-order valence-electron chi connectivity index (χ0n) is 4.29. The molecule has 2 N–H and O–H groups in total. The van der Waals surface area contributed by atoms with Crippen molar-refractivity contribution in [2.24, 2.45) is 5.73 Å². The van der Waals surface area contributed by atoms with Crippen molar-refractivity contribution in [3.63, 3.8) is 0 Å². The van der Waals surface area contributed by atoms with E-state index in [1.165, 1.54) is 58.1 Å². The van der Waals surface area contributed by atoms with Gasteiger partial charge in [0.25, 0.3) is 0 Å². The molecule has 0 atom stereocenters. The third kappa shape index (κ3) is 3.76. The molecule has 0 saturated carbocycles. The summed E-state index contributed by atoms with van der Waals surface area (Å²) in [5.74, 6) is -0.271. The van der Waals surface area contributed by atoms with E-state index in [-0.39, 0.29) is 5.91 Å². The molecule has 0 aromatic carbocycles. The molecule has 0 bridgehead atoms. The Bertz CT molecular complexity index is 186. The first-order valence-corrected chi connectivity index (χ1v) is 6.55. The molecule has 0 rings (SSSR count). The molecule has 9 heavy (non-hydrogen) atoms. The van der Waals surface area contributed by atoms with Crippen molar-refractivity contribution >= 4 is 18.1 Å². The standard InChI is InChI=1S/C4H3NO.3W/c1-2-3-4(5)6;;;/h1H,(H2,5,6);;;. The average molecular weight is 633 g/mol. The second-order valence-corrected chi connectivity index (χ2v) is 5.07. The minimum atomic E-state index is -0.271. The third-order valence-electron chi connectivity index (χ3n) is 0.555. The van der Waals surface area contributed by atoms with Crippen LogP contribution in [0.5, 0.6) is 0 Å². The first kappa shape index (κ1) is 10.1.